The highest BCUT2D eigenvalue weighted by Gasteiger charge is 2.10. The van der Waals surface area contributed by atoms with Gasteiger partial charge in [-0.15, -0.1) is 0 Å². The van der Waals surface area contributed by atoms with Crippen molar-refractivity contribution in [1.82, 2.24) is 0 Å². The molecule has 2 N–H and O–H groups in total. The van der Waals surface area contributed by atoms with E-state index in [0.29, 0.717) is 0 Å². The van der Waals surface area contributed by atoms with Crippen molar-refractivity contribution >= 4 is 6.16 Å². The van der Waals surface area contributed by atoms with Gasteiger partial charge < -0.3 is 9.47 Å². The summed E-state index contributed by atoms with van der Waals surface area (Å²) in [6.45, 7) is 4.92. The molecule has 0 aliphatic rings. The first-order valence-corrected chi connectivity index (χ1v) is 3.29. The van der Waals surface area contributed by atoms with Crippen LogP contribution in [0.25, 0.3) is 0 Å². The van der Waals surface area contributed by atoms with Crippen LogP contribution in [0.4, 0.5) is 4.79 Å². The molecule has 66 valence electrons. The third-order valence-electron chi connectivity index (χ3n) is 0.786. The topological polar surface area (TPSA) is 70.8 Å². The van der Waals surface area contributed by atoms with E-state index in [-0.39, 0.29) is 6.10 Å². The van der Waals surface area contributed by atoms with Gasteiger partial charge in [-0.3, -0.25) is 4.84 Å². The van der Waals surface area contributed by atoms with Gasteiger partial charge in [0.25, 0.3) is 0 Å². The summed E-state index contributed by atoms with van der Waals surface area (Å²) in [6, 6.07) is 0. The second kappa shape index (κ2) is 4.92. The molecule has 0 bridgehead atoms. The number of ether oxygens (including phenoxy) is 2. The molecule has 0 radical (unpaired) electrons. The minimum atomic E-state index is -0.780. The summed E-state index contributed by atoms with van der Waals surface area (Å²) in [5.74, 6) is 4.72. The predicted octanol–water partition coefficient (Wildman–Crippen LogP) is 0.784. The normalized spacial score (nSPS) is 12.8. The Kier molecular flexibility index (Phi) is 4.56. The Balaban J connectivity index is 3.52. The van der Waals surface area contributed by atoms with Gasteiger partial charge in [-0.1, -0.05) is 0 Å². The van der Waals surface area contributed by atoms with Gasteiger partial charge in [0.15, 0.2) is 0 Å². The molecular weight excluding hydrogens is 150 g/mol. The van der Waals surface area contributed by atoms with Gasteiger partial charge in [-0.2, -0.15) is 0 Å². The lowest BCUT2D eigenvalue weighted by Gasteiger charge is -2.11. The van der Waals surface area contributed by atoms with Gasteiger partial charge in [-0.25, -0.2) is 10.7 Å². The Bertz CT molecular complexity index is 126. The third kappa shape index (κ3) is 5.63. The maximum absolute atomic E-state index is 10.6. The Labute approximate surface area is 65.4 Å². The molecule has 0 aliphatic heterocycles. The van der Waals surface area contributed by atoms with E-state index in [4.69, 9.17) is 5.90 Å². The summed E-state index contributed by atoms with van der Waals surface area (Å²) in [6.07, 6.45) is -1.76. The summed E-state index contributed by atoms with van der Waals surface area (Å²) < 4.78 is 9.13. The summed E-state index contributed by atoms with van der Waals surface area (Å²) in [4.78, 5) is 14.8. The van der Waals surface area contributed by atoms with Crippen molar-refractivity contribution in [3.8, 4) is 0 Å². The highest BCUT2D eigenvalue weighted by molar-refractivity contribution is 5.60. The van der Waals surface area contributed by atoms with Gasteiger partial charge in [0.05, 0.1) is 6.10 Å². The van der Waals surface area contributed by atoms with Gasteiger partial charge >= 0.3 is 6.16 Å². The van der Waals surface area contributed by atoms with Crippen molar-refractivity contribution in [1.29, 1.82) is 0 Å². The number of carbonyl (C=O) groups excluding carboxylic acids is 1. The second-order valence-electron chi connectivity index (χ2n) is 2.24. The van der Waals surface area contributed by atoms with Crippen molar-refractivity contribution in [2.24, 2.45) is 5.90 Å². The van der Waals surface area contributed by atoms with Crippen molar-refractivity contribution in [3.63, 3.8) is 0 Å². The average molecular weight is 163 g/mol. The smallest absolute Gasteiger partial charge is 0.432 e. The molecular formula is C6H13NO4. The molecule has 0 saturated heterocycles. The summed E-state index contributed by atoms with van der Waals surface area (Å²) in [7, 11) is 0. The largest absolute Gasteiger partial charge is 0.510 e. The molecule has 0 fully saturated rings. The monoisotopic (exact) mass is 163 g/mol. The molecule has 0 heterocycles. The molecule has 0 amide bonds. The highest BCUT2D eigenvalue weighted by atomic mass is 16.8. The molecule has 5 nitrogen and oxygen atoms in total. The van der Waals surface area contributed by atoms with Crippen LogP contribution in [0, 0.1) is 0 Å². The van der Waals surface area contributed by atoms with Crippen LogP contribution in [0.1, 0.15) is 20.8 Å². The first-order chi connectivity index (χ1) is 5.06. The zero-order valence-electron chi connectivity index (χ0n) is 6.87. The van der Waals surface area contributed by atoms with Crippen LogP contribution in [0.5, 0.6) is 0 Å². The van der Waals surface area contributed by atoms with E-state index in [0.717, 1.165) is 0 Å². The minimum Gasteiger partial charge on any atom is -0.432 e. The van der Waals surface area contributed by atoms with Crippen LogP contribution in [0.3, 0.4) is 0 Å². The molecule has 0 aromatic rings. The zero-order chi connectivity index (χ0) is 8.85. The van der Waals surface area contributed by atoms with Gasteiger partial charge in [0.2, 0.25) is 6.29 Å². The van der Waals surface area contributed by atoms with Crippen LogP contribution >= 0.6 is 0 Å². The molecule has 0 saturated carbocycles. The number of carbonyl (C=O) groups is 1. The maximum Gasteiger partial charge on any atom is 0.510 e. The van der Waals surface area contributed by atoms with Crippen LogP contribution in [-0.2, 0) is 14.3 Å². The second-order valence-corrected chi connectivity index (χ2v) is 2.24. The van der Waals surface area contributed by atoms with Crippen LogP contribution < -0.4 is 5.90 Å². The van der Waals surface area contributed by atoms with E-state index in [9.17, 15) is 4.79 Å². The van der Waals surface area contributed by atoms with E-state index in [1.165, 1.54) is 6.92 Å². The standard InChI is InChI=1S/C6H13NO4/c1-4(2)9-6(8)10-5(3)11-7/h4-5H,7H2,1-3H3. The molecule has 0 aliphatic carbocycles. The third-order valence-corrected chi connectivity index (χ3v) is 0.786. The molecule has 0 aromatic heterocycles. The number of nitrogens with two attached hydrogens (primary N) is 1. The van der Waals surface area contributed by atoms with E-state index in [2.05, 4.69) is 14.3 Å². The Morgan fingerprint density at radius 2 is 1.82 bits per heavy atom. The Morgan fingerprint density at radius 1 is 1.27 bits per heavy atom. The van der Waals surface area contributed by atoms with E-state index in [1.807, 2.05) is 0 Å². The predicted molar refractivity (Wildman–Crippen MR) is 37.4 cm³/mol. The van der Waals surface area contributed by atoms with Crippen molar-refractivity contribution in [3.05, 3.63) is 0 Å². The Morgan fingerprint density at radius 3 is 2.18 bits per heavy atom. The van der Waals surface area contributed by atoms with Crippen molar-refractivity contribution in [2.45, 2.75) is 33.2 Å². The van der Waals surface area contributed by atoms with E-state index >= 15 is 0 Å². The number of rotatable bonds is 3. The van der Waals surface area contributed by atoms with Crippen molar-refractivity contribution in [2.75, 3.05) is 0 Å². The molecule has 0 rings (SSSR count). The molecule has 1 unspecified atom stereocenters. The lowest BCUT2D eigenvalue weighted by atomic mass is 10.5. The lowest BCUT2D eigenvalue weighted by molar-refractivity contribution is -0.117. The minimum absolute atomic E-state index is 0.201. The summed E-state index contributed by atoms with van der Waals surface area (Å²) >= 11 is 0. The van der Waals surface area contributed by atoms with Gasteiger partial charge in [0.1, 0.15) is 0 Å². The molecule has 0 spiro atoms. The number of hydrogen-bond acceptors (Lipinski definition) is 5. The highest BCUT2D eigenvalue weighted by Crippen LogP contribution is 1.96. The van der Waals surface area contributed by atoms with Crippen LogP contribution in [-0.4, -0.2) is 18.5 Å². The van der Waals surface area contributed by atoms with Crippen LogP contribution in [0.2, 0.25) is 0 Å². The first-order valence-electron chi connectivity index (χ1n) is 3.29. The van der Waals surface area contributed by atoms with Gasteiger partial charge in [0, 0.05) is 0 Å². The Hall–Kier alpha value is -0.810. The molecule has 11 heavy (non-hydrogen) atoms. The average Bonchev–Trinajstić information content (AvgIpc) is 1.85. The summed E-state index contributed by atoms with van der Waals surface area (Å²) in [5, 5.41) is 0. The van der Waals surface area contributed by atoms with Crippen molar-refractivity contribution < 1.29 is 19.1 Å². The first kappa shape index (κ1) is 10.2. The molecule has 1 atom stereocenters. The quantitative estimate of drug-likeness (QED) is 0.378. The fraction of sp³-hybridized carbons (Fsp3) is 0.833. The molecule has 5 heteroatoms. The maximum atomic E-state index is 10.6. The zero-order valence-corrected chi connectivity index (χ0v) is 6.87. The SMILES string of the molecule is CC(C)OC(=O)OC(C)ON. The van der Waals surface area contributed by atoms with Crippen LogP contribution in [0.15, 0.2) is 0 Å². The van der Waals surface area contributed by atoms with E-state index < -0.39 is 12.4 Å². The fourth-order valence-corrected chi connectivity index (χ4v) is 0.384. The van der Waals surface area contributed by atoms with Gasteiger partial charge in [-0.05, 0) is 20.8 Å². The fourth-order valence-electron chi connectivity index (χ4n) is 0.384. The van der Waals surface area contributed by atoms with E-state index in [1.54, 1.807) is 13.8 Å². The summed E-state index contributed by atoms with van der Waals surface area (Å²) in [5.41, 5.74) is 0. The number of hydrogen-bond donors (Lipinski definition) is 1. The lowest BCUT2D eigenvalue weighted by Crippen LogP contribution is -2.23. The molecule has 0 aromatic carbocycles.